The maximum absolute atomic E-state index is 10.7. The van der Waals surface area contributed by atoms with Crippen molar-refractivity contribution in [1.29, 1.82) is 0 Å². The van der Waals surface area contributed by atoms with Crippen molar-refractivity contribution in [2.24, 2.45) is 0 Å². The lowest BCUT2D eigenvalue weighted by molar-refractivity contribution is -0.384. The Morgan fingerprint density at radius 3 is 2.52 bits per heavy atom. The Hall–Kier alpha value is -2.22. The van der Waals surface area contributed by atoms with Gasteiger partial charge in [0.1, 0.15) is 11.5 Å². The molecule has 7 nitrogen and oxygen atoms in total. The molecule has 1 saturated heterocycles. The molecule has 3 rings (SSSR count). The maximum atomic E-state index is 10.7. The van der Waals surface area contributed by atoms with E-state index in [0.717, 1.165) is 49.9 Å². The molecular weight excluding hydrogens is 322 g/mol. The first kappa shape index (κ1) is 17.6. The molecule has 0 radical (unpaired) electrons. The molecule has 1 aliphatic rings. The summed E-state index contributed by atoms with van der Waals surface area (Å²) in [6, 6.07) is 10.8. The van der Waals surface area contributed by atoms with Crippen LogP contribution in [-0.2, 0) is 11.3 Å². The fourth-order valence-corrected chi connectivity index (χ4v) is 3.02. The van der Waals surface area contributed by atoms with E-state index < -0.39 is 0 Å². The molecular formula is C18H23N3O4. The Labute approximate surface area is 146 Å². The van der Waals surface area contributed by atoms with Gasteiger partial charge in [0.25, 0.3) is 5.69 Å². The number of nitrogens with one attached hydrogen (secondary N) is 1. The van der Waals surface area contributed by atoms with E-state index in [0.29, 0.717) is 6.54 Å². The number of non-ortho nitro benzene ring substituents is 1. The fourth-order valence-electron chi connectivity index (χ4n) is 3.02. The van der Waals surface area contributed by atoms with Gasteiger partial charge in [0.2, 0.25) is 0 Å². The van der Waals surface area contributed by atoms with Crippen LogP contribution >= 0.6 is 0 Å². The van der Waals surface area contributed by atoms with Crippen molar-refractivity contribution in [3.8, 4) is 0 Å². The summed E-state index contributed by atoms with van der Waals surface area (Å²) in [5, 5.41) is 14.2. The van der Waals surface area contributed by atoms with Gasteiger partial charge in [-0.05, 0) is 24.6 Å². The summed E-state index contributed by atoms with van der Waals surface area (Å²) in [4.78, 5) is 12.7. The minimum Gasteiger partial charge on any atom is -0.465 e. The van der Waals surface area contributed by atoms with Gasteiger partial charge < -0.3 is 14.5 Å². The highest BCUT2D eigenvalue weighted by Crippen LogP contribution is 2.23. The number of hydrogen-bond acceptors (Lipinski definition) is 6. The Kier molecular flexibility index (Phi) is 5.80. The molecule has 134 valence electrons. The standard InChI is InChI=1S/C18H23N3O4/c1-14-2-7-18(25-14)17(20-8-10-24-11-9-20)13-19-12-15-3-5-16(6-4-15)21(22)23/h2-7,17,19H,8-13H2,1H3. The zero-order chi connectivity index (χ0) is 17.6. The van der Waals surface area contributed by atoms with Crippen molar-refractivity contribution in [2.75, 3.05) is 32.8 Å². The van der Waals surface area contributed by atoms with Crippen LogP contribution < -0.4 is 5.32 Å². The first-order valence-electron chi connectivity index (χ1n) is 8.45. The van der Waals surface area contributed by atoms with E-state index in [-0.39, 0.29) is 16.7 Å². The maximum Gasteiger partial charge on any atom is 0.269 e. The molecule has 1 aromatic carbocycles. The fraction of sp³-hybridized carbons (Fsp3) is 0.444. The number of aryl methyl sites for hydroxylation is 1. The van der Waals surface area contributed by atoms with Crippen LogP contribution in [0.25, 0.3) is 0 Å². The smallest absolute Gasteiger partial charge is 0.269 e. The molecule has 2 aromatic rings. The topological polar surface area (TPSA) is 80.8 Å². The van der Waals surface area contributed by atoms with Gasteiger partial charge in [-0.25, -0.2) is 0 Å². The van der Waals surface area contributed by atoms with Gasteiger partial charge in [0, 0.05) is 38.3 Å². The third kappa shape index (κ3) is 4.66. The van der Waals surface area contributed by atoms with Crippen LogP contribution in [0, 0.1) is 17.0 Å². The van der Waals surface area contributed by atoms with E-state index in [2.05, 4.69) is 10.2 Å². The van der Waals surface area contributed by atoms with Crippen LogP contribution in [0.1, 0.15) is 23.1 Å². The lowest BCUT2D eigenvalue weighted by Crippen LogP contribution is -2.42. The summed E-state index contributed by atoms with van der Waals surface area (Å²) in [6.45, 7) is 6.57. The van der Waals surface area contributed by atoms with Crippen LogP contribution in [0.4, 0.5) is 5.69 Å². The molecule has 2 heterocycles. The van der Waals surface area contributed by atoms with Gasteiger partial charge in [-0.3, -0.25) is 15.0 Å². The average Bonchev–Trinajstić information content (AvgIpc) is 3.06. The van der Waals surface area contributed by atoms with Crippen LogP contribution in [0.5, 0.6) is 0 Å². The van der Waals surface area contributed by atoms with Crippen LogP contribution in [-0.4, -0.2) is 42.7 Å². The molecule has 1 fully saturated rings. The highest BCUT2D eigenvalue weighted by atomic mass is 16.6. The van der Waals surface area contributed by atoms with Gasteiger partial charge >= 0.3 is 0 Å². The Morgan fingerprint density at radius 1 is 1.20 bits per heavy atom. The minimum absolute atomic E-state index is 0.112. The van der Waals surface area contributed by atoms with Crippen LogP contribution in [0.15, 0.2) is 40.8 Å². The van der Waals surface area contributed by atoms with Crippen LogP contribution in [0.2, 0.25) is 0 Å². The van der Waals surface area contributed by atoms with Gasteiger partial charge in [0.15, 0.2) is 0 Å². The monoisotopic (exact) mass is 345 g/mol. The Bertz CT molecular complexity index is 693. The van der Waals surface area contributed by atoms with Crippen molar-refractivity contribution in [1.82, 2.24) is 10.2 Å². The zero-order valence-corrected chi connectivity index (χ0v) is 14.3. The van der Waals surface area contributed by atoms with E-state index in [9.17, 15) is 10.1 Å². The lowest BCUT2D eigenvalue weighted by atomic mass is 10.1. The minimum atomic E-state index is -0.384. The van der Waals surface area contributed by atoms with Crippen molar-refractivity contribution in [3.05, 3.63) is 63.6 Å². The number of rotatable bonds is 7. The number of nitro benzene ring substituents is 1. The zero-order valence-electron chi connectivity index (χ0n) is 14.3. The summed E-state index contributed by atoms with van der Waals surface area (Å²) in [5.74, 6) is 1.86. The average molecular weight is 345 g/mol. The lowest BCUT2D eigenvalue weighted by Gasteiger charge is -2.33. The van der Waals surface area contributed by atoms with E-state index in [1.54, 1.807) is 12.1 Å². The SMILES string of the molecule is Cc1ccc(C(CNCc2ccc([N+](=O)[O-])cc2)N2CCOCC2)o1. The van der Waals surface area contributed by atoms with Crippen molar-refractivity contribution < 1.29 is 14.1 Å². The second-order valence-electron chi connectivity index (χ2n) is 6.17. The predicted molar refractivity (Wildman–Crippen MR) is 93.4 cm³/mol. The largest absolute Gasteiger partial charge is 0.465 e. The molecule has 0 spiro atoms. The van der Waals surface area contributed by atoms with Gasteiger partial charge in [-0.2, -0.15) is 0 Å². The molecule has 0 aliphatic carbocycles. The van der Waals surface area contributed by atoms with Gasteiger partial charge in [0.05, 0.1) is 24.2 Å². The molecule has 1 N–H and O–H groups in total. The summed E-state index contributed by atoms with van der Waals surface area (Å²) in [5.41, 5.74) is 1.13. The number of morpholine rings is 1. The first-order chi connectivity index (χ1) is 12.1. The van der Waals surface area contributed by atoms with Gasteiger partial charge in [-0.1, -0.05) is 12.1 Å². The summed E-state index contributed by atoms with van der Waals surface area (Å²) in [7, 11) is 0. The number of ether oxygens (including phenoxy) is 1. The van der Waals surface area contributed by atoms with Crippen molar-refractivity contribution in [3.63, 3.8) is 0 Å². The molecule has 0 saturated carbocycles. The Balaban J connectivity index is 1.61. The van der Waals surface area contributed by atoms with E-state index in [1.807, 2.05) is 19.1 Å². The van der Waals surface area contributed by atoms with Gasteiger partial charge in [-0.15, -0.1) is 0 Å². The number of benzene rings is 1. The molecule has 1 unspecified atom stereocenters. The van der Waals surface area contributed by atoms with E-state index in [1.165, 1.54) is 12.1 Å². The number of furan rings is 1. The highest BCUT2D eigenvalue weighted by Gasteiger charge is 2.24. The summed E-state index contributed by atoms with van der Waals surface area (Å²) in [6.07, 6.45) is 0. The second kappa shape index (κ2) is 8.24. The second-order valence-corrected chi connectivity index (χ2v) is 6.17. The summed E-state index contributed by atoms with van der Waals surface area (Å²) >= 11 is 0. The number of nitro groups is 1. The quantitative estimate of drug-likeness (QED) is 0.614. The van der Waals surface area contributed by atoms with Crippen molar-refractivity contribution >= 4 is 5.69 Å². The predicted octanol–water partition coefficient (Wildman–Crippen LogP) is 2.66. The molecule has 7 heteroatoms. The van der Waals surface area contributed by atoms with E-state index in [4.69, 9.17) is 9.15 Å². The highest BCUT2D eigenvalue weighted by molar-refractivity contribution is 5.32. The molecule has 0 amide bonds. The third-order valence-electron chi connectivity index (χ3n) is 4.39. The summed E-state index contributed by atoms with van der Waals surface area (Å²) < 4.78 is 11.3. The number of hydrogen-bond donors (Lipinski definition) is 1. The molecule has 0 bridgehead atoms. The Morgan fingerprint density at radius 2 is 1.92 bits per heavy atom. The van der Waals surface area contributed by atoms with E-state index >= 15 is 0 Å². The van der Waals surface area contributed by atoms with Crippen molar-refractivity contribution in [2.45, 2.75) is 19.5 Å². The third-order valence-corrected chi connectivity index (χ3v) is 4.39. The number of nitrogens with zero attached hydrogens (tertiary/aromatic N) is 2. The molecule has 1 aliphatic heterocycles. The van der Waals surface area contributed by atoms with Crippen LogP contribution in [0.3, 0.4) is 0 Å². The molecule has 1 atom stereocenters. The molecule has 25 heavy (non-hydrogen) atoms. The molecule has 1 aromatic heterocycles. The first-order valence-corrected chi connectivity index (χ1v) is 8.45. The normalized spacial score (nSPS) is 16.7.